The van der Waals surface area contributed by atoms with E-state index in [1.807, 2.05) is 12.3 Å². The number of H-pyrrole nitrogens is 1. The molecule has 2 heterocycles. The highest BCUT2D eigenvalue weighted by Gasteiger charge is 2.14. The first-order valence-corrected chi connectivity index (χ1v) is 9.18. The lowest BCUT2D eigenvalue weighted by Crippen LogP contribution is -2.37. The average Bonchev–Trinajstić information content (AvgIpc) is 3.08. The fraction of sp³-hybridized carbons (Fsp3) is 0.333. The summed E-state index contributed by atoms with van der Waals surface area (Å²) in [6.45, 7) is 5.20. The zero-order chi connectivity index (χ0) is 17.8. The number of rotatable bonds is 6. The molecular weight excluding hydrogens is 329 g/mol. The second-order valence-corrected chi connectivity index (χ2v) is 6.66. The summed E-state index contributed by atoms with van der Waals surface area (Å²) in [6.07, 6.45) is 2.89. The normalized spacial score (nSPS) is 14.9. The number of aromatic nitrogens is 1. The van der Waals surface area contributed by atoms with Crippen molar-refractivity contribution in [3.05, 3.63) is 65.6 Å². The van der Waals surface area contributed by atoms with Gasteiger partial charge in [0.2, 0.25) is 0 Å². The Morgan fingerprint density at radius 1 is 1.08 bits per heavy atom. The Hall–Kier alpha value is -2.37. The maximum absolute atomic E-state index is 13.3. The van der Waals surface area contributed by atoms with Gasteiger partial charge in [0.15, 0.2) is 0 Å². The second-order valence-electron chi connectivity index (χ2n) is 6.66. The molecule has 1 fully saturated rings. The summed E-state index contributed by atoms with van der Waals surface area (Å²) in [5.41, 5.74) is 4.69. The number of fused-ring (bicyclic) bond motifs is 1. The lowest BCUT2D eigenvalue weighted by atomic mass is 10.1. The topological polar surface area (TPSA) is 40.3 Å². The van der Waals surface area contributed by atoms with Crippen LogP contribution in [0.25, 0.3) is 10.9 Å². The number of ether oxygens (including phenoxy) is 1. The number of halogens is 1. The average molecular weight is 353 g/mol. The highest BCUT2D eigenvalue weighted by Crippen LogP contribution is 2.22. The van der Waals surface area contributed by atoms with E-state index in [4.69, 9.17) is 4.74 Å². The van der Waals surface area contributed by atoms with Crippen molar-refractivity contribution in [1.82, 2.24) is 10.3 Å². The highest BCUT2D eigenvalue weighted by atomic mass is 19.1. The zero-order valence-corrected chi connectivity index (χ0v) is 14.8. The van der Waals surface area contributed by atoms with Gasteiger partial charge < -0.3 is 19.9 Å². The second kappa shape index (κ2) is 7.89. The SMILES string of the molecule is Fc1ccc2c(CCNCc3ccccc3N3CCOCC3)c[nH]c2c1. The van der Waals surface area contributed by atoms with E-state index in [-0.39, 0.29) is 5.82 Å². The summed E-state index contributed by atoms with van der Waals surface area (Å²) in [6, 6.07) is 13.5. The molecule has 3 aromatic rings. The standard InChI is InChI=1S/C21H24FN3O/c22-18-5-6-19-16(15-24-20(19)13-18)7-8-23-14-17-3-1-2-4-21(17)25-9-11-26-12-10-25/h1-6,13,15,23-24H,7-12,14H2. The molecule has 136 valence electrons. The van der Waals surface area contributed by atoms with E-state index >= 15 is 0 Å². The number of anilines is 1. The van der Waals surface area contributed by atoms with E-state index < -0.39 is 0 Å². The number of hydrogen-bond donors (Lipinski definition) is 2. The predicted molar refractivity (Wildman–Crippen MR) is 103 cm³/mol. The Balaban J connectivity index is 1.36. The molecular formula is C21H24FN3O. The predicted octanol–water partition coefficient (Wildman–Crippen LogP) is 3.48. The molecule has 2 aromatic carbocycles. The van der Waals surface area contributed by atoms with Crippen molar-refractivity contribution in [1.29, 1.82) is 0 Å². The van der Waals surface area contributed by atoms with Gasteiger partial charge in [0.05, 0.1) is 13.2 Å². The molecule has 0 bridgehead atoms. The lowest BCUT2D eigenvalue weighted by molar-refractivity contribution is 0.122. The van der Waals surface area contributed by atoms with E-state index in [1.54, 1.807) is 6.07 Å². The molecule has 4 rings (SSSR count). The number of para-hydroxylation sites is 1. The van der Waals surface area contributed by atoms with Crippen LogP contribution in [0.1, 0.15) is 11.1 Å². The van der Waals surface area contributed by atoms with Crippen LogP contribution in [0, 0.1) is 5.82 Å². The molecule has 1 aliphatic rings. The first-order chi connectivity index (χ1) is 12.8. The Morgan fingerprint density at radius 2 is 1.92 bits per heavy atom. The third-order valence-electron chi connectivity index (χ3n) is 4.96. The summed E-state index contributed by atoms with van der Waals surface area (Å²) in [5, 5.41) is 4.65. The van der Waals surface area contributed by atoms with Gasteiger partial charge in [-0.2, -0.15) is 0 Å². The maximum atomic E-state index is 13.3. The van der Waals surface area contributed by atoms with Crippen molar-refractivity contribution >= 4 is 16.6 Å². The fourth-order valence-corrected chi connectivity index (χ4v) is 3.58. The van der Waals surface area contributed by atoms with Gasteiger partial charge in [-0.1, -0.05) is 18.2 Å². The zero-order valence-electron chi connectivity index (χ0n) is 14.8. The van der Waals surface area contributed by atoms with Crippen molar-refractivity contribution < 1.29 is 9.13 Å². The van der Waals surface area contributed by atoms with E-state index in [0.717, 1.165) is 56.7 Å². The Labute approximate surface area is 153 Å². The number of aromatic amines is 1. The molecule has 0 saturated carbocycles. The van der Waals surface area contributed by atoms with Gasteiger partial charge in [0.1, 0.15) is 5.82 Å². The van der Waals surface area contributed by atoms with Crippen LogP contribution in [-0.4, -0.2) is 37.8 Å². The van der Waals surface area contributed by atoms with Crippen LogP contribution in [0.15, 0.2) is 48.7 Å². The number of hydrogen-bond acceptors (Lipinski definition) is 3. The van der Waals surface area contributed by atoms with Crippen molar-refractivity contribution in [2.75, 3.05) is 37.7 Å². The largest absolute Gasteiger partial charge is 0.378 e. The van der Waals surface area contributed by atoms with E-state index in [9.17, 15) is 4.39 Å². The van der Waals surface area contributed by atoms with E-state index in [0.29, 0.717) is 0 Å². The van der Waals surface area contributed by atoms with Crippen molar-refractivity contribution in [2.24, 2.45) is 0 Å². The molecule has 1 aromatic heterocycles. The van der Waals surface area contributed by atoms with E-state index in [1.165, 1.54) is 22.9 Å². The minimum absolute atomic E-state index is 0.205. The summed E-state index contributed by atoms with van der Waals surface area (Å²) in [4.78, 5) is 5.55. The summed E-state index contributed by atoms with van der Waals surface area (Å²) in [7, 11) is 0. The summed E-state index contributed by atoms with van der Waals surface area (Å²) in [5.74, 6) is -0.205. The quantitative estimate of drug-likeness (QED) is 0.667. The van der Waals surface area contributed by atoms with Gasteiger partial charge in [-0.15, -0.1) is 0 Å². The monoisotopic (exact) mass is 353 g/mol. The van der Waals surface area contributed by atoms with Gasteiger partial charge in [-0.05, 0) is 48.4 Å². The molecule has 0 unspecified atom stereocenters. The number of benzene rings is 2. The van der Waals surface area contributed by atoms with E-state index in [2.05, 4.69) is 39.5 Å². The van der Waals surface area contributed by atoms with Gasteiger partial charge in [-0.25, -0.2) is 4.39 Å². The minimum Gasteiger partial charge on any atom is -0.378 e. The van der Waals surface area contributed by atoms with Crippen molar-refractivity contribution in [3.63, 3.8) is 0 Å². The van der Waals surface area contributed by atoms with Gasteiger partial charge in [-0.3, -0.25) is 0 Å². The fourth-order valence-electron chi connectivity index (χ4n) is 3.58. The summed E-state index contributed by atoms with van der Waals surface area (Å²) >= 11 is 0. The van der Waals surface area contributed by atoms with Gasteiger partial charge >= 0.3 is 0 Å². The van der Waals surface area contributed by atoms with Crippen LogP contribution in [0.3, 0.4) is 0 Å². The number of nitrogens with one attached hydrogen (secondary N) is 2. The number of nitrogens with zero attached hydrogens (tertiary/aromatic N) is 1. The van der Waals surface area contributed by atoms with Crippen molar-refractivity contribution in [3.8, 4) is 0 Å². The first-order valence-electron chi connectivity index (χ1n) is 9.18. The Bertz CT molecular complexity index is 871. The molecule has 1 saturated heterocycles. The smallest absolute Gasteiger partial charge is 0.125 e. The molecule has 1 aliphatic heterocycles. The Kier molecular flexibility index (Phi) is 5.18. The minimum atomic E-state index is -0.205. The molecule has 0 aliphatic carbocycles. The maximum Gasteiger partial charge on any atom is 0.125 e. The summed E-state index contributed by atoms with van der Waals surface area (Å²) < 4.78 is 18.7. The van der Waals surface area contributed by atoms with Gasteiger partial charge in [0.25, 0.3) is 0 Å². The third kappa shape index (κ3) is 3.74. The molecule has 0 radical (unpaired) electrons. The molecule has 0 spiro atoms. The first kappa shape index (κ1) is 17.1. The molecule has 5 heteroatoms. The van der Waals surface area contributed by atoms with Crippen LogP contribution < -0.4 is 10.2 Å². The lowest BCUT2D eigenvalue weighted by Gasteiger charge is -2.30. The van der Waals surface area contributed by atoms with Crippen LogP contribution in [0.5, 0.6) is 0 Å². The van der Waals surface area contributed by atoms with Crippen LogP contribution in [0.4, 0.5) is 10.1 Å². The molecule has 0 amide bonds. The van der Waals surface area contributed by atoms with Crippen LogP contribution in [-0.2, 0) is 17.7 Å². The number of morpholine rings is 1. The Morgan fingerprint density at radius 3 is 2.81 bits per heavy atom. The molecule has 0 atom stereocenters. The molecule has 4 nitrogen and oxygen atoms in total. The highest BCUT2D eigenvalue weighted by molar-refractivity contribution is 5.83. The molecule has 2 N–H and O–H groups in total. The van der Waals surface area contributed by atoms with Crippen LogP contribution >= 0.6 is 0 Å². The molecule has 26 heavy (non-hydrogen) atoms. The van der Waals surface area contributed by atoms with Crippen molar-refractivity contribution in [2.45, 2.75) is 13.0 Å². The van der Waals surface area contributed by atoms with Crippen LogP contribution in [0.2, 0.25) is 0 Å². The third-order valence-corrected chi connectivity index (χ3v) is 4.96. The van der Waals surface area contributed by atoms with Gasteiger partial charge in [0, 0.05) is 42.4 Å².